The zero-order chi connectivity index (χ0) is 14.2. The molecule has 0 aliphatic carbocycles. The lowest BCUT2D eigenvalue weighted by Crippen LogP contribution is -2.35. The van der Waals surface area contributed by atoms with Crippen molar-refractivity contribution in [2.24, 2.45) is 0 Å². The van der Waals surface area contributed by atoms with Gasteiger partial charge in [0, 0.05) is 12.2 Å². The summed E-state index contributed by atoms with van der Waals surface area (Å²) in [5.41, 5.74) is 0.296. The van der Waals surface area contributed by atoms with E-state index in [1.807, 2.05) is 6.92 Å². The highest BCUT2D eigenvalue weighted by Gasteiger charge is 2.20. The van der Waals surface area contributed by atoms with E-state index in [0.717, 1.165) is 5.56 Å². The third-order valence-electron chi connectivity index (χ3n) is 2.61. The SMILES string of the molecule is Cc1ccn2c(=O)c(C(=O)NC(C)C)c(O)nc2c1. The maximum atomic E-state index is 12.2. The van der Waals surface area contributed by atoms with E-state index in [1.165, 1.54) is 10.6 Å². The van der Waals surface area contributed by atoms with Crippen LogP contribution in [0.1, 0.15) is 29.8 Å². The third-order valence-corrected chi connectivity index (χ3v) is 2.61. The molecular weight excluding hydrogens is 246 g/mol. The molecule has 0 fully saturated rings. The van der Waals surface area contributed by atoms with Crippen molar-refractivity contribution in [3.8, 4) is 5.88 Å². The van der Waals surface area contributed by atoms with Gasteiger partial charge in [-0.1, -0.05) is 0 Å². The lowest BCUT2D eigenvalue weighted by atomic mass is 10.2. The molecule has 2 rings (SSSR count). The first-order valence-corrected chi connectivity index (χ1v) is 5.93. The zero-order valence-electron chi connectivity index (χ0n) is 11.0. The molecule has 6 heteroatoms. The van der Waals surface area contributed by atoms with Gasteiger partial charge in [0.25, 0.3) is 11.5 Å². The lowest BCUT2D eigenvalue weighted by Gasteiger charge is -2.10. The van der Waals surface area contributed by atoms with Gasteiger partial charge in [0.1, 0.15) is 5.65 Å². The molecule has 1 amide bonds. The minimum absolute atomic E-state index is 0.134. The van der Waals surface area contributed by atoms with Gasteiger partial charge in [0.2, 0.25) is 5.88 Å². The summed E-state index contributed by atoms with van der Waals surface area (Å²) >= 11 is 0. The van der Waals surface area contributed by atoms with Gasteiger partial charge in [-0.25, -0.2) is 0 Å². The Balaban J connectivity index is 2.66. The second-order valence-corrected chi connectivity index (χ2v) is 4.68. The van der Waals surface area contributed by atoms with Crippen molar-refractivity contribution in [1.82, 2.24) is 14.7 Å². The summed E-state index contributed by atoms with van der Waals surface area (Å²) in [4.78, 5) is 28.0. The van der Waals surface area contributed by atoms with E-state index >= 15 is 0 Å². The van der Waals surface area contributed by atoms with E-state index in [-0.39, 0.29) is 11.6 Å². The van der Waals surface area contributed by atoms with Crippen LogP contribution in [0.3, 0.4) is 0 Å². The number of nitrogens with one attached hydrogen (secondary N) is 1. The molecule has 0 unspecified atom stereocenters. The molecule has 0 aromatic carbocycles. The fraction of sp³-hybridized carbons (Fsp3) is 0.308. The predicted molar refractivity (Wildman–Crippen MR) is 70.5 cm³/mol. The summed E-state index contributed by atoms with van der Waals surface area (Å²) in [5, 5.41) is 12.3. The van der Waals surface area contributed by atoms with Crippen molar-refractivity contribution < 1.29 is 9.90 Å². The molecule has 2 N–H and O–H groups in total. The first-order chi connectivity index (χ1) is 8.90. The number of hydrogen-bond acceptors (Lipinski definition) is 4. The molecule has 6 nitrogen and oxygen atoms in total. The van der Waals surface area contributed by atoms with Crippen LogP contribution in [0.15, 0.2) is 23.1 Å². The maximum Gasteiger partial charge on any atom is 0.274 e. The summed E-state index contributed by atoms with van der Waals surface area (Å²) < 4.78 is 1.24. The average Bonchev–Trinajstić information content (AvgIpc) is 2.26. The Morgan fingerprint density at radius 2 is 2.16 bits per heavy atom. The Hall–Kier alpha value is -2.37. The Morgan fingerprint density at radius 1 is 1.47 bits per heavy atom. The van der Waals surface area contributed by atoms with Crippen LogP contribution < -0.4 is 10.9 Å². The van der Waals surface area contributed by atoms with E-state index in [1.54, 1.807) is 26.0 Å². The maximum absolute atomic E-state index is 12.2. The van der Waals surface area contributed by atoms with Gasteiger partial charge in [0.15, 0.2) is 5.56 Å². The van der Waals surface area contributed by atoms with Crippen LogP contribution in [0.25, 0.3) is 5.65 Å². The fourth-order valence-corrected chi connectivity index (χ4v) is 1.76. The minimum Gasteiger partial charge on any atom is -0.493 e. The van der Waals surface area contributed by atoms with E-state index in [4.69, 9.17) is 0 Å². The Kier molecular flexibility index (Phi) is 3.25. The standard InChI is InChI=1S/C13H15N3O3/c1-7(2)14-11(17)10-12(18)15-9-6-8(3)4-5-16(9)13(10)19/h4-7,18H,1-3H3,(H,14,17). The number of pyridine rings is 1. The summed E-state index contributed by atoms with van der Waals surface area (Å²) in [6.45, 7) is 5.39. The van der Waals surface area contributed by atoms with Crippen LogP contribution in [0, 0.1) is 6.92 Å². The van der Waals surface area contributed by atoms with Gasteiger partial charge in [-0.05, 0) is 38.5 Å². The van der Waals surface area contributed by atoms with E-state index in [0.29, 0.717) is 5.65 Å². The molecule has 0 radical (unpaired) electrons. The minimum atomic E-state index is -0.625. The van der Waals surface area contributed by atoms with Crippen molar-refractivity contribution in [2.75, 3.05) is 0 Å². The first-order valence-electron chi connectivity index (χ1n) is 5.93. The molecule has 0 spiro atoms. The molecule has 0 bridgehead atoms. The second-order valence-electron chi connectivity index (χ2n) is 4.68. The van der Waals surface area contributed by atoms with Gasteiger partial charge >= 0.3 is 0 Å². The molecule has 0 saturated heterocycles. The van der Waals surface area contributed by atoms with Gasteiger partial charge in [-0.2, -0.15) is 4.98 Å². The fourth-order valence-electron chi connectivity index (χ4n) is 1.76. The average molecular weight is 261 g/mol. The molecule has 2 aromatic heterocycles. The lowest BCUT2D eigenvalue weighted by molar-refractivity contribution is 0.0938. The highest BCUT2D eigenvalue weighted by Crippen LogP contribution is 2.12. The van der Waals surface area contributed by atoms with Gasteiger partial charge in [-0.3, -0.25) is 14.0 Å². The number of aromatic nitrogens is 2. The zero-order valence-corrected chi connectivity index (χ0v) is 11.0. The van der Waals surface area contributed by atoms with Gasteiger partial charge in [-0.15, -0.1) is 0 Å². The van der Waals surface area contributed by atoms with Gasteiger partial charge < -0.3 is 10.4 Å². The smallest absolute Gasteiger partial charge is 0.274 e. The summed E-state index contributed by atoms with van der Waals surface area (Å²) in [6.07, 6.45) is 1.53. The topological polar surface area (TPSA) is 83.7 Å². The van der Waals surface area contributed by atoms with Crippen molar-refractivity contribution in [3.05, 3.63) is 39.8 Å². The van der Waals surface area contributed by atoms with Crippen LogP contribution in [0.4, 0.5) is 0 Å². The molecule has 0 aliphatic heterocycles. The summed E-state index contributed by atoms with van der Waals surface area (Å²) in [6, 6.07) is 3.26. The molecule has 2 aromatic rings. The molecular formula is C13H15N3O3. The normalized spacial score (nSPS) is 10.9. The van der Waals surface area contributed by atoms with Crippen molar-refractivity contribution in [1.29, 1.82) is 0 Å². The molecule has 0 atom stereocenters. The monoisotopic (exact) mass is 261 g/mol. The molecule has 19 heavy (non-hydrogen) atoms. The van der Waals surface area contributed by atoms with Gasteiger partial charge in [0.05, 0.1) is 0 Å². The van der Waals surface area contributed by atoms with E-state index in [9.17, 15) is 14.7 Å². The predicted octanol–water partition coefficient (Wildman–Crippen LogP) is 0.847. The van der Waals surface area contributed by atoms with Crippen molar-refractivity contribution >= 4 is 11.6 Å². The number of hydrogen-bond donors (Lipinski definition) is 2. The largest absolute Gasteiger partial charge is 0.493 e. The van der Waals surface area contributed by atoms with Crippen LogP contribution in [-0.2, 0) is 0 Å². The Labute approximate surface area is 109 Å². The highest BCUT2D eigenvalue weighted by molar-refractivity contribution is 5.96. The Morgan fingerprint density at radius 3 is 2.79 bits per heavy atom. The number of aryl methyl sites for hydroxylation is 1. The number of carbonyl (C=O) groups is 1. The van der Waals surface area contributed by atoms with Crippen LogP contribution in [-0.4, -0.2) is 26.4 Å². The number of rotatable bonds is 2. The first kappa shape index (κ1) is 13.1. The van der Waals surface area contributed by atoms with Crippen LogP contribution in [0.5, 0.6) is 5.88 Å². The number of nitrogens with zero attached hydrogens (tertiary/aromatic N) is 2. The molecule has 0 aliphatic rings. The van der Waals surface area contributed by atoms with Crippen LogP contribution >= 0.6 is 0 Å². The summed E-state index contributed by atoms with van der Waals surface area (Å²) in [7, 11) is 0. The van der Waals surface area contributed by atoms with Crippen molar-refractivity contribution in [2.45, 2.75) is 26.8 Å². The number of amides is 1. The molecule has 0 saturated carbocycles. The van der Waals surface area contributed by atoms with E-state index in [2.05, 4.69) is 10.3 Å². The quantitative estimate of drug-likeness (QED) is 0.839. The third kappa shape index (κ3) is 2.42. The molecule has 2 heterocycles. The van der Waals surface area contributed by atoms with Crippen molar-refractivity contribution in [3.63, 3.8) is 0 Å². The Bertz CT molecular complexity index is 704. The highest BCUT2D eigenvalue weighted by atomic mass is 16.3. The molecule has 100 valence electrons. The number of aromatic hydroxyl groups is 1. The number of carbonyl (C=O) groups excluding carboxylic acids is 1. The number of fused-ring (bicyclic) bond motifs is 1. The second kappa shape index (κ2) is 4.72. The van der Waals surface area contributed by atoms with E-state index < -0.39 is 17.3 Å². The summed E-state index contributed by atoms with van der Waals surface area (Å²) in [5.74, 6) is -1.17. The van der Waals surface area contributed by atoms with Crippen LogP contribution in [0.2, 0.25) is 0 Å².